The number of carbonyl (C=O) groups is 2. The van der Waals surface area contributed by atoms with Crippen LogP contribution in [0.4, 0.5) is 4.79 Å². The third-order valence-electron chi connectivity index (χ3n) is 6.87. The maximum absolute atomic E-state index is 13.2. The lowest BCUT2D eigenvalue weighted by molar-refractivity contribution is 0.0800. The standard InChI is InChI=1S/C32H35N3O5/c36-29(20-33-21-30(37)28(35-32(39)40)18-23-11-5-2-6-12-23)27(17-22-9-3-1-4-10-22)34-31(38)26-16-15-24-13-7-8-14-25(24)19-26/h1-16,19,27-30,33,35-37H,17-18,20-21H2,(H,34,38)(H,39,40)/t27-,28-,29?,30+/m0/s1. The summed E-state index contributed by atoms with van der Waals surface area (Å²) in [6, 6.07) is 30.8. The fourth-order valence-corrected chi connectivity index (χ4v) is 4.71. The lowest BCUT2D eigenvalue weighted by Crippen LogP contribution is -2.52. The number of nitrogens with one attached hydrogen (secondary N) is 3. The summed E-state index contributed by atoms with van der Waals surface area (Å²) in [4.78, 5) is 24.5. The highest BCUT2D eigenvalue weighted by Crippen LogP contribution is 2.16. The van der Waals surface area contributed by atoms with Crippen LogP contribution in [0.15, 0.2) is 103 Å². The Morgan fingerprint density at radius 2 is 1.12 bits per heavy atom. The van der Waals surface area contributed by atoms with Gasteiger partial charge in [-0.3, -0.25) is 4.79 Å². The fraction of sp³-hybridized carbons (Fsp3) is 0.250. The van der Waals surface area contributed by atoms with Crippen molar-refractivity contribution in [2.75, 3.05) is 13.1 Å². The summed E-state index contributed by atoms with van der Waals surface area (Å²) < 4.78 is 0. The lowest BCUT2D eigenvalue weighted by Gasteiger charge is -2.27. The highest BCUT2D eigenvalue weighted by molar-refractivity contribution is 5.98. The Balaban J connectivity index is 1.40. The van der Waals surface area contributed by atoms with E-state index in [1.807, 2.05) is 97.1 Å². The van der Waals surface area contributed by atoms with Gasteiger partial charge in [-0.1, -0.05) is 91.0 Å². The second-order valence-corrected chi connectivity index (χ2v) is 9.87. The van der Waals surface area contributed by atoms with Gasteiger partial charge in [-0.15, -0.1) is 0 Å². The molecule has 4 rings (SSSR count). The van der Waals surface area contributed by atoms with E-state index in [0.717, 1.165) is 21.9 Å². The van der Waals surface area contributed by atoms with Crippen LogP contribution in [0.2, 0.25) is 0 Å². The second kappa shape index (κ2) is 14.2. The molecule has 4 aromatic carbocycles. The van der Waals surface area contributed by atoms with Gasteiger partial charge in [-0.2, -0.15) is 0 Å². The Morgan fingerprint density at radius 3 is 1.68 bits per heavy atom. The zero-order valence-electron chi connectivity index (χ0n) is 22.1. The summed E-state index contributed by atoms with van der Waals surface area (Å²) in [5.74, 6) is -0.292. The van der Waals surface area contributed by atoms with Gasteiger partial charge < -0.3 is 31.3 Å². The predicted octanol–water partition coefficient (Wildman–Crippen LogP) is 3.37. The predicted molar refractivity (Wildman–Crippen MR) is 155 cm³/mol. The van der Waals surface area contributed by atoms with E-state index < -0.39 is 30.4 Å². The number of carbonyl (C=O) groups excluding carboxylic acids is 1. The van der Waals surface area contributed by atoms with Gasteiger partial charge in [-0.05, 0) is 46.9 Å². The highest BCUT2D eigenvalue weighted by Gasteiger charge is 2.25. The summed E-state index contributed by atoms with van der Waals surface area (Å²) in [5, 5.41) is 41.5. The average Bonchev–Trinajstić information content (AvgIpc) is 2.97. The number of carboxylic acid groups (broad SMARTS) is 1. The van der Waals surface area contributed by atoms with E-state index in [1.54, 1.807) is 6.07 Å². The molecule has 8 nitrogen and oxygen atoms in total. The minimum Gasteiger partial charge on any atom is -0.465 e. The normalized spacial score (nSPS) is 14.2. The van der Waals surface area contributed by atoms with Crippen molar-refractivity contribution in [1.82, 2.24) is 16.0 Å². The van der Waals surface area contributed by atoms with Gasteiger partial charge in [0.15, 0.2) is 0 Å². The Morgan fingerprint density at radius 1 is 0.625 bits per heavy atom. The van der Waals surface area contributed by atoms with Crippen molar-refractivity contribution in [3.05, 3.63) is 120 Å². The van der Waals surface area contributed by atoms with Gasteiger partial charge in [0.25, 0.3) is 5.91 Å². The summed E-state index contributed by atoms with van der Waals surface area (Å²) in [6.07, 6.45) is -2.51. The number of hydrogen-bond acceptors (Lipinski definition) is 5. The molecule has 4 atom stereocenters. The maximum Gasteiger partial charge on any atom is 0.404 e. The van der Waals surface area contributed by atoms with Crippen LogP contribution in [-0.2, 0) is 12.8 Å². The Hall–Kier alpha value is -4.24. The van der Waals surface area contributed by atoms with Gasteiger partial charge in [0, 0.05) is 18.7 Å². The Labute approximate surface area is 233 Å². The number of rotatable bonds is 13. The molecule has 0 aliphatic carbocycles. The molecule has 6 N–H and O–H groups in total. The third-order valence-corrected chi connectivity index (χ3v) is 6.87. The van der Waals surface area contributed by atoms with Crippen LogP contribution in [0.1, 0.15) is 21.5 Å². The first-order valence-corrected chi connectivity index (χ1v) is 13.3. The van der Waals surface area contributed by atoms with Gasteiger partial charge in [0.05, 0.1) is 24.3 Å². The molecule has 0 saturated carbocycles. The Bertz CT molecular complexity index is 1380. The van der Waals surface area contributed by atoms with E-state index in [-0.39, 0.29) is 19.0 Å². The zero-order chi connectivity index (χ0) is 28.3. The van der Waals surface area contributed by atoms with E-state index in [1.165, 1.54) is 0 Å². The molecule has 0 spiro atoms. The summed E-state index contributed by atoms with van der Waals surface area (Å²) >= 11 is 0. The van der Waals surface area contributed by atoms with Crippen LogP contribution in [-0.4, -0.2) is 64.7 Å². The molecule has 0 aliphatic rings. The smallest absolute Gasteiger partial charge is 0.404 e. The number of aliphatic hydroxyl groups is 2. The van der Waals surface area contributed by atoms with E-state index in [4.69, 9.17) is 0 Å². The minimum absolute atomic E-state index is 0.0471. The number of fused-ring (bicyclic) bond motifs is 1. The second-order valence-electron chi connectivity index (χ2n) is 9.87. The highest BCUT2D eigenvalue weighted by atomic mass is 16.4. The van der Waals surface area contributed by atoms with Gasteiger partial charge in [0.1, 0.15) is 0 Å². The molecular formula is C32H35N3O5. The molecule has 208 valence electrons. The third kappa shape index (κ3) is 8.38. The van der Waals surface area contributed by atoms with Crippen molar-refractivity contribution >= 4 is 22.8 Å². The molecule has 0 aromatic heterocycles. The minimum atomic E-state index is -1.22. The molecule has 0 heterocycles. The summed E-state index contributed by atoms with van der Waals surface area (Å²) in [7, 11) is 0. The van der Waals surface area contributed by atoms with Crippen LogP contribution < -0.4 is 16.0 Å². The van der Waals surface area contributed by atoms with Gasteiger partial charge in [0.2, 0.25) is 0 Å². The van der Waals surface area contributed by atoms with Crippen molar-refractivity contribution in [3.63, 3.8) is 0 Å². The molecule has 0 fully saturated rings. The molecule has 0 aliphatic heterocycles. The molecule has 1 unspecified atom stereocenters. The van der Waals surface area contributed by atoms with Crippen LogP contribution in [0.25, 0.3) is 10.8 Å². The fourth-order valence-electron chi connectivity index (χ4n) is 4.71. The van der Waals surface area contributed by atoms with Gasteiger partial charge >= 0.3 is 6.09 Å². The largest absolute Gasteiger partial charge is 0.465 e. The number of benzene rings is 4. The summed E-state index contributed by atoms with van der Waals surface area (Å²) in [5.41, 5.74) is 2.34. The molecule has 0 radical (unpaired) electrons. The van der Waals surface area contributed by atoms with Crippen LogP contribution in [0.5, 0.6) is 0 Å². The molecule has 8 heteroatoms. The van der Waals surface area contributed by atoms with E-state index >= 15 is 0 Å². The van der Waals surface area contributed by atoms with Crippen molar-refractivity contribution in [1.29, 1.82) is 0 Å². The van der Waals surface area contributed by atoms with Crippen molar-refractivity contribution < 1.29 is 24.9 Å². The van der Waals surface area contributed by atoms with E-state index in [9.17, 15) is 24.9 Å². The van der Waals surface area contributed by atoms with E-state index in [2.05, 4.69) is 16.0 Å². The van der Waals surface area contributed by atoms with Crippen molar-refractivity contribution in [3.8, 4) is 0 Å². The van der Waals surface area contributed by atoms with Crippen molar-refractivity contribution in [2.45, 2.75) is 37.1 Å². The topological polar surface area (TPSA) is 131 Å². The van der Waals surface area contributed by atoms with Crippen molar-refractivity contribution in [2.24, 2.45) is 0 Å². The zero-order valence-corrected chi connectivity index (χ0v) is 22.1. The molecule has 2 amide bonds. The number of amides is 2. The Kier molecular flexibility index (Phi) is 10.2. The first-order valence-electron chi connectivity index (χ1n) is 13.3. The van der Waals surface area contributed by atoms with Crippen LogP contribution in [0.3, 0.4) is 0 Å². The van der Waals surface area contributed by atoms with Crippen LogP contribution in [0, 0.1) is 0 Å². The van der Waals surface area contributed by atoms with Gasteiger partial charge in [-0.25, -0.2) is 4.79 Å². The molecule has 40 heavy (non-hydrogen) atoms. The molecular weight excluding hydrogens is 506 g/mol. The van der Waals surface area contributed by atoms with Crippen LogP contribution >= 0.6 is 0 Å². The maximum atomic E-state index is 13.2. The SMILES string of the molecule is O=C(O)N[C@@H](Cc1ccccc1)[C@H](O)CNCC(O)[C@H](Cc1ccccc1)NC(=O)c1ccc2ccccc2c1. The quantitative estimate of drug-likeness (QED) is 0.154. The average molecular weight is 542 g/mol. The monoisotopic (exact) mass is 541 g/mol. The summed E-state index contributed by atoms with van der Waals surface area (Å²) in [6.45, 7) is 0.128. The first kappa shape index (κ1) is 28.8. The number of hydrogen-bond donors (Lipinski definition) is 6. The molecule has 4 aromatic rings. The first-order chi connectivity index (χ1) is 19.4. The molecule has 0 bridgehead atoms. The lowest BCUT2D eigenvalue weighted by atomic mass is 9.99. The van der Waals surface area contributed by atoms with E-state index in [0.29, 0.717) is 18.4 Å². The molecule has 0 saturated heterocycles. The number of aliphatic hydroxyl groups excluding tert-OH is 2.